The largest absolute Gasteiger partial charge is 0.316 e. The van der Waals surface area contributed by atoms with Gasteiger partial charge in [-0.2, -0.15) is 0 Å². The van der Waals surface area contributed by atoms with E-state index >= 15 is 0 Å². The van der Waals surface area contributed by atoms with Crippen molar-refractivity contribution in [2.45, 2.75) is 13.0 Å². The highest BCUT2D eigenvalue weighted by Gasteiger charge is 2.15. The highest BCUT2D eigenvalue weighted by atomic mass is 35.5. The van der Waals surface area contributed by atoms with Crippen LogP contribution in [-0.2, 0) is 6.54 Å². The van der Waals surface area contributed by atoms with Crippen molar-refractivity contribution in [2.24, 2.45) is 5.92 Å². The van der Waals surface area contributed by atoms with Gasteiger partial charge in [0.05, 0.1) is 0 Å². The summed E-state index contributed by atoms with van der Waals surface area (Å²) in [4.78, 5) is 2.42. The molecule has 1 fully saturated rings. The van der Waals surface area contributed by atoms with Crippen LogP contribution in [0.2, 0.25) is 0 Å². The molecule has 16 heavy (non-hydrogen) atoms. The molecule has 0 aromatic heterocycles. The summed E-state index contributed by atoms with van der Waals surface area (Å²) in [6, 6.07) is 10.7. The summed E-state index contributed by atoms with van der Waals surface area (Å²) in [7, 11) is 2.21. The molecule has 1 saturated heterocycles. The van der Waals surface area contributed by atoms with E-state index in [2.05, 4.69) is 47.6 Å². The molecule has 1 aliphatic rings. The molecule has 3 heteroatoms. The van der Waals surface area contributed by atoms with Gasteiger partial charge in [0, 0.05) is 13.1 Å². The summed E-state index contributed by atoms with van der Waals surface area (Å²) < 4.78 is 0. The van der Waals surface area contributed by atoms with Gasteiger partial charge < -0.3 is 10.2 Å². The van der Waals surface area contributed by atoms with Crippen LogP contribution in [0.4, 0.5) is 0 Å². The zero-order valence-corrected chi connectivity index (χ0v) is 10.7. The Morgan fingerprint density at radius 1 is 1.31 bits per heavy atom. The van der Waals surface area contributed by atoms with Gasteiger partial charge in [0.2, 0.25) is 0 Å². The number of nitrogens with one attached hydrogen (secondary N) is 1. The van der Waals surface area contributed by atoms with E-state index in [9.17, 15) is 0 Å². The monoisotopic (exact) mass is 240 g/mol. The van der Waals surface area contributed by atoms with Crippen LogP contribution < -0.4 is 5.32 Å². The predicted octanol–water partition coefficient (Wildman–Crippen LogP) is 2.15. The minimum Gasteiger partial charge on any atom is -0.316 e. The summed E-state index contributed by atoms with van der Waals surface area (Å²) in [5.41, 5.74) is 1.41. The molecule has 1 atom stereocenters. The highest BCUT2D eigenvalue weighted by molar-refractivity contribution is 5.85. The van der Waals surface area contributed by atoms with Crippen molar-refractivity contribution in [1.29, 1.82) is 0 Å². The van der Waals surface area contributed by atoms with E-state index in [-0.39, 0.29) is 12.4 Å². The number of rotatable bonds is 4. The summed E-state index contributed by atoms with van der Waals surface area (Å²) in [6.45, 7) is 4.67. The van der Waals surface area contributed by atoms with E-state index in [1.54, 1.807) is 0 Å². The zero-order chi connectivity index (χ0) is 10.5. The van der Waals surface area contributed by atoms with Crippen molar-refractivity contribution in [3.05, 3.63) is 35.9 Å². The third-order valence-corrected chi connectivity index (χ3v) is 3.03. The van der Waals surface area contributed by atoms with Crippen molar-refractivity contribution in [2.75, 3.05) is 26.7 Å². The molecule has 0 aliphatic carbocycles. The minimum atomic E-state index is 0. The Balaban J connectivity index is 0.00000128. The van der Waals surface area contributed by atoms with Crippen molar-refractivity contribution in [1.82, 2.24) is 10.2 Å². The summed E-state index contributed by atoms with van der Waals surface area (Å²) in [5.74, 6) is 0.846. The van der Waals surface area contributed by atoms with E-state index in [0.29, 0.717) is 0 Å². The van der Waals surface area contributed by atoms with Gasteiger partial charge >= 0.3 is 0 Å². The second kappa shape index (κ2) is 6.89. The maximum atomic E-state index is 3.41. The smallest absolute Gasteiger partial charge is 0.0230 e. The Hall–Kier alpha value is -0.570. The van der Waals surface area contributed by atoms with E-state index < -0.39 is 0 Å². The van der Waals surface area contributed by atoms with Crippen molar-refractivity contribution in [3.63, 3.8) is 0 Å². The lowest BCUT2D eigenvalue weighted by atomic mass is 10.1. The van der Waals surface area contributed by atoms with Gasteiger partial charge in [-0.05, 0) is 38.0 Å². The van der Waals surface area contributed by atoms with Crippen molar-refractivity contribution >= 4 is 12.4 Å². The molecule has 1 aromatic rings. The summed E-state index contributed by atoms with van der Waals surface area (Å²) in [6.07, 6.45) is 1.33. The molecule has 0 spiro atoms. The van der Waals surface area contributed by atoms with Gasteiger partial charge in [0.1, 0.15) is 0 Å². The summed E-state index contributed by atoms with van der Waals surface area (Å²) in [5, 5.41) is 3.41. The average molecular weight is 241 g/mol. The number of halogens is 1. The quantitative estimate of drug-likeness (QED) is 0.868. The number of hydrogen-bond donors (Lipinski definition) is 1. The third-order valence-electron chi connectivity index (χ3n) is 3.03. The van der Waals surface area contributed by atoms with Crippen LogP contribution in [-0.4, -0.2) is 31.6 Å². The summed E-state index contributed by atoms with van der Waals surface area (Å²) >= 11 is 0. The van der Waals surface area contributed by atoms with Gasteiger partial charge in [-0.3, -0.25) is 0 Å². The minimum absolute atomic E-state index is 0. The SMILES string of the molecule is CN(Cc1ccccc1)CC1CCNC1.Cl. The molecule has 0 radical (unpaired) electrons. The highest BCUT2D eigenvalue weighted by Crippen LogP contribution is 2.10. The number of benzene rings is 1. The fraction of sp³-hybridized carbons (Fsp3) is 0.538. The van der Waals surface area contributed by atoms with E-state index in [1.165, 1.54) is 31.6 Å². The zero-order valence-electron chi connectivity index (χ0n) is 9.86. The van der Waals surface area contributed by atoms with Crippen LogP contribution in [0.25, 0.3) is 0 Å². The fourth-order valence-electron chi connectivity index (χ4n) is 2.27. The number of hydrogen-bond acceptors (Lipinski definition) is 2. The lowest BCUT2D eigenvalue weighted by Crippen LogP contribution is -2.26. The lowest BCUT2D eigenvalue weighted by molar-refractivity contribution is 0.278. The van der Waals surface area contributed by atoms with Crippen molar-refractivity contribution in [3.8, 4) is 0 Å². The Morgan fingerprint density at radius 3 is 2.69 bits per heavy atom. The molecule has 0 saturated carbocycles. The first kappa shape index (κ1) is 13.5. The van der Waals surface area contributed by atoms with E-state index in [0.717, 1.165) is 12.5 Å². The van der Waals surface area contributed by atoms with Crippen LogP contribution in [0.1, 0.15) is 12.0 Å². The van der Waals surface area contributed by atoms with Crippen LogP contribution in [0.3, 0.4) is 0 Å². The van der Waals surface area contributed by atoms with Gasteiger partial charge in [-0.1, -0.05) is 30.3 Å². The van der Waals surface area contributed by atoms with Gasteiger partial charge in [0.15, 0.2) is 0 Å². The molecule has 1 aromatic carbocycles. The Labute approximate surface area is 104 Å². The predicted molar refractivity (Wildman–Crippen MR) is 71.0 cm³/mol. The molecule has 1 heterocycles. The maximum Gasteiger partial charge on any atom is 0.0230 e. The molecule has 2 nitrogen and oxygen atoms in total. The molecule has 0 amide bonds. The first-order chi connectivity index (χ1) is 7.34. The lowest BCUT2D eigenvalue weighted by Gasteiger charge is -2.20. The van der Waals surface area contributed by atoms with Gasteiger partial charge in [-0.25, -0.2) is 0 Å². The average Bonchev–Trinajstić information content (AvgIpc) is 2.71. The Bertz CT molecular complexity index is 283. The molecule has 1 unspecified atom stereocenters. The molecule has 0 bridgehead atoms. The van der Waals surface area contributed by atoms with Crippen molar-refractivity contribution < 1.29 is 0 Å². The molecule has 90 valence electrons. The van der Waals surface area contributed by atoms with Gasteiger partial charge in [0.25, 0.3) is 0 Å². The maximum absolute atomic E-state index is 3.41. The Kier molecular flexibility index (Phi) is 5.81. The number of nitrogens with zero attached hydrogens (tertiary/aromatic N) is 1. The second-order valence-electron chi connectivity index (χ2n) is 4.54. The standard InChI is InChI=1S/C13H20N2.ClH/c1-15(11-13-7-8-14-9-13)10-12-5-3-2-4-6-12;/h2-6,13-14H,7-11H2,1H3;1H. The van der Waals surface area contributed by atoms with Crippen LogP contribution in [0.5, 0.6) is 0 Å². The van der Waals surface area contributed by atoms with E-state index in [1.807, 2.05) is 0 Å². The third kappa shape index (κ3) is 4.12. The van der Waals surface area contributed by atoms with Crippen LogP contribution in [0.15, 0.2) is 30.3 Å². The molecule has 1 N–H and O–H groups in total. The van der Waals surface area contributed by atoms with E-state index in [4.69, 9.17) is 0 Å². The topological polar surface area (TPSA) is 15.3 Å². The molecular weight excluding hydrogens is 220 g/mol. The molecular formula is C13H21ClN2. The van der Waals surface area contributed by atoms with Gasteiger partial charge in [-0.15, -0.1) is 12.4 Å². The molecule has 2 rings (SSSR count). The van der Waals surface area contributed by atoms with Crippen LogP contribution in [0, 0.1) is 5.92 Å². The second-order valence-corrected chi connectivity index (χ2v) is 4.54. The normalized spacial score (nSPS) is 19.8. The fourth-order valence-corrected chi connectivity index (χ4v) is 2.27. The van der Waals surface area contributed by atoms with Crippen LogP contribution >= 0.6 is 12.4 Å². The first-order valence-electron chi connectivity index (χ1n) is 5.78. The molecule has 1 aliphatic heterocycles. The Morgan fingerprint density at radius 2 is 2.06 bits per heavy atom. The first-order valence-corrected chi connectivity index (χ1v) is 5.78.